The van der Waals surface area contributed by atoms with Crippen LogP contribution in [0.15, 0.2) is 24.3 Å². The van der Waals surface area contributed by atoms with Gasteiger partial charge in [-0.2, -0.15) is 8.78 Å². The van der Waals surface area contributed by atoms with Crippen LogP contribution in [-0.4, -0.2) is 25.7 Å². The van der Waals surface area contributed by atoms with E-state index >= 15 is 0 Å². The molecule has 2 rings (SSSR count). The zero-order valence-corrected chi connectivity index (χ0v) is 8.04. The van der Waals surface area contributed by atoms with Gasteiger partial charge in [-0.25, -0.2) is 0 Å². The van der Waals surface area contributed by atoms with E-state index in [2.05, 4.69) is 15.4 Å². The van der Waals surface area contributed by atoms with Gasteiger partial charge in [0.1, 0.15) is 5.75 Å². The first-order valence-corrected chi connectivity index (χ1v) is 4.77. The zero-order chi connectivity index (χ0) is 10.7. The summed E-state index contributed by atoms with van der Waals surface area (Å²) < 4.78 is 28.5. The van der Waals surface area contributed by atoms with Crippen LogP contribution in [0.4, 0.5) is 14.5 Å². The standard InChI is InChI=1S/C10H12F2N2O/c11-10(12)15-9-4-2-1-3-8(9)14-7-5-13-6-7/h1-4,7,10,13-14H,5-6H2. The molecule has 1 saturated heterocycles. The van der Waals surface area contributed by atoms with Crippen LogP contribution in [0.25, 0.3) is 0 Å². The Morgan fingerprint density at radius 3 is 2.67 bits per heavy atom. The van der Waals surface area contributed by atoms with Gasteiger partial charge in [0, 0.05) is 13.1 Å². The average molecular weight is 214 g/mol. The molecule has 2 N–H and O–H groups in total. The molecule has 3 nitrogen and oxygen atoms in total. The molecular weight excluding hydrogens is 202 g/mol. The molecule has 1 aliphatic heterocycles. The first-order chi connectivity index (χ1) is 7.25. The van der Waals surface area contributed by atoms with Gasteiger partial charge >= 0.3 is 6.61 Å². The molecule has 0 bridgehead atoms. The van der Waals surface area contributed by atoms with Gasteiger partial charge in [0.15, 0.2) is 0 Å². The Morgan fingerprint density at radius 1 is 1.33 bits per heavy atom. The molecule has 0 saturated carbocycles. The monoisotopic (exact) mass is 214 g/mol. The van der Waals surface area contributed by atoms with E-state index in [1.807, 2.05) is 0 Å². The van der Waals surface area contributed by atoms with E-state index in [9.17, 15) is 8.78 Å². The molecule has 5 heteroatoms. The van der Waals surface area contributed by atoms with Crippen molar-refractivity contribution in [3.63, 3.8) is 0 Å². The van der Waals surface area contributed by atoms with Crippen LogP contribution in [0.2, 0.25) is 0 Å². The van der Waals surface area contributed by atoms with Crippen LogP contribution in [0.5, 0.6) is 5.75 Å². The van der Waals surface area contributed by atoms with Crippen molar-refractivity contribution in [1.82, 2.24) is 5.32 Å². The maximum absolute atomic E-state index is 12.1. The van der Waals surface area contributed by atoms with Gasteiger partial charge in [-0.15, -0.1) is 0 Å². The maximum Gasteiger partial charge on any atom is 0.387 e. The van der Waals surface area contributed by atoms with Crippen molar-refractivity contribution >= 4 is 5.69 Å². The molecule has 1 aliphatic rings. The summed E-state index contributed by atoms with van der Waals surface area (Å²) in [6.07, 6.45) is 0. The first-order valence-electron chi connectivity index (χ1n) is 4.77. The fraction of sp³-hybridized carbons (Fsp3) is 0.400. The largest absolute Gasteiger partial charge is 0.433 e. The lowest BCUT2D eigenvalue weighted by Crippen LogP contribution is -2.51. The number of anilines is 1. The number of alkyl halides is 2. The highest BCUT2D eigenvalue weighted by atomic mass is 19.3. The third kappa shape index (κ3) is 2.56. The van der Waals surface area contributed by atoms with Crippen LogP contribution in [0.3, 0.4) is 0 Å². The highest BCUT2D eigenvalue weighted by Gasteiger charge is 2.18. The van der Waals surface area contributed by atoms with Gasteiger partial charge in [-0.05, 0) is 12.1 Å². The van der Waals surface area contributed by atoms with E-state index in [-0.39, 0.29) is 5.75 Å². The Balaban J connectivity index is 2.06. The average Bonchev–Trinajstić information content (AvgIpc) is 2.13. The fourth-order valence-electron chi connectivity index (χ4n) is 1.40. The van der Waals surface area contributed by atoms with Gasteiger partial charge in [-0.1, -0.05) is 12.1 Å². The Morgan fingerprint density at radius 2 is 2.07 bits per heavy atom. The van der Waals surface area contributed by atoms with Crippen molar-refractivity contribution in [2.75, 3.05) is 18.4 Å². The normalized spacial score (nSPS) is 16.2. The molecule has 0 radical (unpaired) electrons. The summed E-state index contributed by atoms with van der Waals surface area (Å²) in [5.74, 6) is 0.194. The Labute approximate surface area is 86.4 Å². The van der Waals surface area contributed by atoms with Crippen LogP contribution in [0, 0.1) is 0 Å². The van der Waals surface area contributed by atoms with Crippen LogP contribution < -0.4 is 15.4 Å². The molecule has 82 valence electrons. The van der Waals surface area contributed by atoms with Crippen LogP contribution >= 0.6 is 0 Å². The predicted molar refractivity (Wildman–Crippen MR) is 53.4 cm³/mol. The van der Waals surface area contributed by atoms with Gasteiger partial charge < -0.3 is 15.4 Å². The summed E-state index contributed by atoms with van der Waals surface area (Å²) in [6, 6.07) is 7.01. The number of hydrogen-bond donors (Lipinski definition) is 2. The van der Waals surface area contributed by atoms with Crippen molar-refractivity contribution in [3.05, 3.63) is 24.3 Å². The molecule has 0 amide bonds. The van der Waals surface area contributed by atoms with E-state index in [4.69, 9.17) is 0 Å². The molecule has 0 atom stereocenters. The van der Waals surface area contributed by atoms with Crippen molar-refractivity contribution in [1.29, 1.82) is 0 Å². The SMILES string of the molecule is FC(F)Oc1ccccc1NC1CNC1. The minimum absolute atomic E-state index is 0.194. The van der Waals surface area contributed by atoms with Gasteiger partial charge in [0.25, 0.3) is 0 Å². The fourth-order valence-corrected chi connectivity index (χ4v) is 1.40. The summed E-state index contributed by atoms with van der Waals surface area (Å²) in [5.41, 5.74) is 0.615. The number of benzene rings is 1. The molecule has 0 aliphatic carbocycles. The van der Waals surface area contributed by atoms with E-state index in [0.717, 1.165) is 13.1 Å². The minimum atomic E-state index is -2.78. The zero-order valence-electron chi connectivity index (χ0n) is 8.04. The second kappa shape index (κ2) is 4.44. The van der Waals surface area contributed by atoms with Gasteiger partial charge in [-0.3, -0.25) is 0 Å². The summed E-state index contributed by atoms with van der Waals surface area (Å²) in [7, 11) is 0. The van der Waals surface area contributed by atoms with E-state index in [0.29, 0.717) is 11.7 Å². The number of rotatable bonds is 4. The lowest BCUT2D eigenvalue weighted by atomic mass is 10.1. The van der Waals surface area contributed by atoms with Crippen molar-refractivity contribution < 1.29 is 13.5 Å². The molecule has 0 unspecified atom stereocenters. The minimum Gasteiger partial charge on any atom is -0.433 e. The Kier molecular flexibility index (Phi) is 3.01. The highest BCUT2D eigenvalue weighted by Crippen LogP contribution is 2.26. The molecule has 1 fully saturated rings. The molecule has 0 aromatic heterocycles. The van der Waals surface area contributed by atoms with Crippen molar-refractivity contribution in [2.45, 2.75) is 12.7 Å². The summed E-state index contributed by atoms with van der Waals surface area (Å²) in [4.78, 5) is 0. The predicted octanol–water partition coefficient (Wildman–Crippen LogP) is 1.67. The summed E-state index contributed by atoms with van der Waals surface area (Å²) in [5, 5.41) is 6.22. The van der Waals surface area contributed by atoms with Crippen molar-refractivity contribution in [2.24, 2.45) is 0 Å². The Hall–Kier alpha value is -1.36. The third-order valence-electron chi connectivity index (χ3n) is 2.24. The van der Waals surface area contributed by atoms with Gasteiger partial charge in [0.05, 0.1) is 11.7 Å². The number of halogens is 2. The number of nitrogens with one attached hydrogen (secondary N) is 2. The molecular formula is C10H12F2N2O. The summed E-state index contributed by atoms with van der Waals surface area (Å²) in [6.45, 7) is -1.08. The van der Waals surface area contributed by atoms with E-state index in [1.165, 1.54) is 6.07 Å². The highest BCUT2D eigenvalue weighted by molar-refractivity contribution is 5.57. The Bertz CT molecular complexity index is 329. The van der Waals surface area contributed by atoms with Crippen LogP contribution in [0.1, 0.15) is 0 Å². The first kappa shape index (κ1) is 10.2. The van der Waals surface area contributed by atoms with Crippen molar-refractivity contribution in [3.8, 4) is 5.75 Å². The lowest BCUT2D eigenvalue weighted by molar-refractivity contribution is -0.0494. The molecule has 15 heavy (non-hydrogen) atoms. The van der Waals surface area contributed by atoms with E-state index in [1.54, 1.807) is 18.2 Å². The topological polar surface area (TPSA) is 33.3 Å². The third-order valence-corrected chi connectivity index (χ3v) is 2.24. The van der Waals surface area contributed by atoms with Gasteiger partial charge in [0.2, 0.25) is 0 Å². The molecule has 1 heterocycles. The number of hydrogen-bond acceptors (Lipinski definition) is 3. The summed E-state index contributed by atoms with van der Waals surface area (Å²) >= 11 is 0. The smallest absolute Gasteiger partial charge is 0.387 e. The second-order valence-corrected chi connectivity index (χ2v) is 3.37. The lowest BCUT2D eigenvalue weighted by Gasteiger charge is -2.29. The quantitative estimate of drug-likeness (QED) is 0.799. The number of para-hydroxylation sites is 2. The van der Waals surface area contributed by atoms with Crippen LogP contribution in [-0.2, 0) is 0 Å². The molecule has 1 aromatic rings. The van der Waals surface area contributed by atoms with E-state index < -0.39 is 6.61 Å². The number of ether oxygens (including phenoxy) is 1. The maximum atomic E-state index is 12.1. The molecule has 1 aromatic carbocycles. The second-order valence-electron chi connectivity index (χ2n) is 3.37. The molecule has 0 spiro atoms.